The van der Waals surface area contributed by atoms with Gasteiger partial charge in [-0.2, -0.15) is 22.0 Å². The Morgan fingerprint density at radius 3 is 2.33 bits per heavy atom. The number of benzene rings is 2. The highest BCUT2D eigenvalue weighted by Crippen LogP contribution is 2.32. The lowest BCUT2D eigenvalue weighted by atomic mass is 9.94. The number of nitrogens with zero attached hydrogens (tertiary/aromatic N) is 2. The molecule has 2 heterocycles. The highest BCUT2D eigenvalue weighted by molar-refractivity contribution is 6.30. The minimum absolute atomic E-state index is 0.0505. The number of hydrogen-bond acceptors (Lipinski definition) is 4. The van der Waals surface area contributed by atoms with Crippen LogP contribution in [0.1, 0.15) is 28.3 Å². The number of alkyl halides is 5. The molecule has 206 valence electrons. The average Bonchev–Trinajstić information content (AvgIpc) is 3.19. The molecule has 39 heavy (non-hydrogen) atoms. The minimum atomic E-state index is -4.47. The maximum Gasteiger partial charge on any atom is 0.390 e. The zero-order valence-corrected chi connectivity index (χ0v) is 20.8. The van der Waals surface area contributed by atoms with Gasteiger partial charge in [-0.25, -0.2) is 0 Å². The first-order chi connectivity index (χ1) is 18.4. The van der Waals surface area contributed by atoms with Gasteiger partial charge in [0, 0.05) is 35.8 Å². The molecule has 4 rings (SSSR count). The van der Waals surface area contributed by atoms with Crippen molar-refractivity contribution in [2.24, 2.45) is 0 Å². The molecule has 0 spiro atoms. The molecule has 13 heteroatoms. The van der Waals surface area contributed by atoms with Crippen LogP contribution in [0.2, 0.25) is 5.02 Å². The summed E-state index contributed by atoms with van der Waals surface area (Å²) in [5.41, 5.74) is -0.234. The van der Waals surface area contributed by atoms with Crippen LogP contribution < -0.4 is 20.5 Å². The summed E-state index contributed by atoms with van der Waals surface area (Å²) in [7, 11) is 0. The van der Waals surface area contributed by atoms with Crippen LogP contribution in [0, 0.1) is 0 Å². The first-order valence-electron chi connectivity index (χ1n) is 11.6. The van der Waals surface area contributed by atoms with Crippen LogP contribution in [0.4, 0.5) is 27.6 Å². The van der Waals surface area contributed by atoms with Gasteiger partial charge in [0.05, 0.1) is 6.42 Å². The molecule has 0 saturated carbocycles. The summed E-state index contributed by atoms with van der Waals surface area (Å²) in [5, 5.41) is 3.07. The van der Waals surface area contributed by atoms with Gasteiger partial charge in [-0.15, -0.1) is 0 Å². The Kier molecular flexibility index (Phi) is 8.24. The molecule has 1 N–H and O–H groups in total. The Labute approximate surface area is 223 Å². The molecule has 1 aromatic heterocycles. The van der Waals surface area contributed by atoms with Crippen molar-refractivity contribution in [1.82, 2.24) is 9.88 Å². The number of ether oxygens (including phenoxy) is 1. The highest BCUT2D eigenvalue weighted by atomic mass is 35.5. The van der Waals surface area contributed by atoms with Crippen LogP contribution in [0.3, 0.4) is 0 Å². The van der Waals surface area contributed by atoms with E-state index in [4.69, 9.17) is 11.6 Å². The summed E-state index contributed by atoms with van der Waals surface area (Å²) in [6, 6.07) is 12.9. The van der Waals surface area contributed by atoms with Gasteiger partial charge >= 0.3 is 12.8 Å². The third-order valence-corrected chi connectivity index (χ3v) is 6.42. The monoisotopic (exact) mass is 569 g/mol. The van der Waals surface area contributed by atoms with Crippen LogP contribution >= 0.6 is 11.6 Å². The Hall–Kier alpha value is -3.93. The van der Waals surface area contributed by atoms with Gasteiger partial charge in [-0.1, -0.05) is 23.7 Å². The van der Waals surface area contributed by atoms with E-state index in [0.717, 1.165) is 9.47 Å². The van der Waals surface area contributed by atoms with E-state index >= 15 is 0 Å². The normalized spacial score (nSPS) is 17.5. The van der Waals surface area contributed by atoms with E-state index in [-0.39, 0.29) is 23.5 Å². The largest absolute Gasteiger partial charge is 0.435 e. The van der Waals surface area contributed by atoms with E-state index in [1.165, 1.54) is 42.6 Å². The van der Waals surface area contributed by atoms with E-state index < -0.39 is 55.1 Å². The number of carbonyl (C=O) groups is 2. The summed E-state index contributed by atoms with van der Waals surface area (Å²) < 4.78 is 68.2. The lowest BCUT2D eigenvalue weighted by molar-refractivity contribution is -0.136. The molecule has 0 aliphatic carbocycles. The zero-order chi connectivity index (χ0) is 28.3. The molecular formula is C26H21ClF5N3O4. The second-order valence-electron chi connectivity index (χ2n) is 8.72. The van der Waals surface area contributed by atoms with Crippen molar-refractivity contribution < 1.29 is 36.3 Å². The molecule has 3 aromatic rings. The number of anilines is 1. The fourth-order valence-electron chi connectivity index (χ4n) is 4.28. The summed E-state index contributed by atoms with van der Waals surface area (Å²) >= 11 is 5.99. The third-order valence-electron chi connectivity index (χ3n) is 6.17. The molecule has 2 amide bonds. The van der Waals surface area contributed by atoms with Gasteiger partial charge in [-0.05, 0) is 54.1 Å². The number of pyridine rings is 1. The maximum atomic E-state index is 13.5. The molecule has 2 atom stereocenters. The molecule has 1 unspecified atom stereocenters. The highest BCUT2D eigenvalue weighted by Gasteiger charge is 2.43. The van der Waals surface area contributed by atoms with E-state index in [1.807, 2.05) is 0 Å². The molecule has 1 aliphatic heterocycles. The molecule has 7 nitrogen and oxygen atoms in total. The van der Waals surface area contributed by atoms with E-state index in [1.54, 1.807) is 24.3 Å². The van der Waals surface area contributed by atoms with Gasteiger partial charge < -0.3 is 19.5 Å². The molecule has 0 radical (unpaired) electrons. The standard InChI is InChI=1S/C26H21ClF5N3O4/c27-17-7-3-15(4-8-17)19-14-35(20-2-1-12-34(23(20)37)13-11-26(30,31)32)24(38)21(19)33-22(36)16-5-9-18(10-6-16)39-25(28)29/h1-10,12,19,21,25H,11,13-14H2,(H,33,36)/t19-,21?/m0/s1. The van der Waals surface area contributed by atoms with Crippen molar-refractivity contribution in [1.29, 1.82) is 0 Å². The summed E-state index contributed by atoms with van der Waals surface area (Å²) in [4.78, 5) is 40.7. The van der Waals surface area contributed by atoms with Crippen molar-refractivity contribution in [3.8, 4) is 5.75 Å². The summed E-state index contributed by atoms with van der Waals surface area (Å²) in [5.74, 6) is -2.14. The first-order valence-corrected chi connectivity index (χ1v) is 12.0. The minimum Gasteiger partial charge on any atom is -0.435 e. The third kappa shape index (κ3) is 6.75. The first kappa shape index (κ1) is 28.1. The predicted molar refractivity (Wildman–Crippen MR) is 132 cm³/mol. The van der Waals surface area contributed by atoms with E-state index in [2.05, 4.69) is 10.1 Å². The Balaban J connectivity index is 1.63. The van der Waals surface area contributed by atoms with Crippen molar-refractivity contribution in [3.63, 3.8) is 0 Å². The second-order valence-corrected chi connectivity index (χ2v) is 9.15. The lowest BCUT2D eigenvalue weighted by Gasteiger charge is -2.19. The number of aromatic nitrogens is 1. The van der Waals surface area contributed by atoms with Crippen molar-refractivity contribution in [2.75, 3.05) is 11.4 Å². The number of rotatable bonds is 8. The van der Waals surface area contributed by atoms with Crippen molar-refractivity contribution in [3.05, 3.63) is 93.4 Å². The quantitative estimate of drug-likeness (QED) is 0.388. The van der Waals surface area contributed by atoms with Crippen LogP contribution in [0.25, 0.3) is 0 Å². The van der Waals surface area contributed by atoms with E-state index in [9.17, 15) is 36.3 Å². The average molecular weight is 570 g/mol. The van der Waals surface area contributed by atoms with Gasteiger partial charge in [0.15, 0.2) is 0 Å². The molecule has 0 bridgehead atoms. The van der Waals surface area contributed by atoms with Crippen molar-refractivity contribution >= 4 is 29.1 Å². The van der Waals surface area contributed by atoms with Gasteiger partial charge in [0.2, 0.25) is 5.91 Å². The van der Waals surface area contributed by atoms with Gasteiger partial charge in [0.25, 0.3) is 11.5 Å². The molecule has 1 fully saturated rings. The Bertz CT molecular complexity index is 1390. The zero-order valence-electron chi connectivity index (χ0n) is 20.0. The fraction of sp³-hybridized carbons (Fsp3) is 0.269. The van der Waals surface area contributed by atoms with E-state index in [0.29, 0.717) is 10.6 Å². The topological polar surface area (TPSA) is 80.6 Å². The summed E-state index contributed by atoms with van der Waals surface area (Å²) in [6.07, 6.45) is -4.50. The number of hydrogen-bond donors (Lipinski definition) is 1. The maximum absolute atomic E-state index is 13.5. The summed E-state index contributed by atoms with van der Waals surface area (Å²) in [6.45, 7) is -3.71. The Morgan fingerprint density at radius 1 is 1.05 bits per heavy atom. The predicted octanol–water partition coefficient (Wildman–Crippen LogP) is 4.98. The second kappa shape index (κ2) is 11.4. The van der Waals surface area contributed by atoms with Crippen LogP contribution in [0.5, 0.6) is 5.75 Å². The van der Waals surface area contributed by atoms with Crippen LogP contribution in [-0.2, 0) is 11.3 Å². The lowest BCUT2D eigenvalue weighted by Crippen LogP contribution is -2.44. The fourth-order valence-corrected chi connectivity index (χ4v) is 4.41. The number of aryl methyl sites for hydroxylation is 1. The molecule has 1 saturated heterocycles. The molecule has 1 aliphatic rings. The van der Waals surface area contributed by atoms with Crippen LogP contribution in [0.15, 0.2) is 71.7 Å². The van der Waals surface area contributed by atoms with Gasteiger partial charge in [-0.3, -0.25) is 14.4 Å². The van der Waals surface area contributed by atoms with Gasteiger partial charge in [0.1, 0.15) is 17.5 Å². The molecular weight excluding hydrogens is 549 g/mol. The Morgan fingerprint density at radius 2 is 1.72 bits per heavy atom. The smallest absolute Gasteiger partial charge is 0.390 e. The SMILES string of the molecule is O=C(NC1C(=O)N(c2cccn(CCC(F)(F)F)c2=O)C[C@H]1c1ccc(Cl)cc1)c1ccc(OC(F)F)cc1. The van der Waals surface area contributed by atoms with Crippen molar-refractivity contribution in [2.45, 2.75) is 37.7 Å². The number of amides is 2. The molecule has 2 aromatic carbocycles. The number of halogens is 6. The number of carbonyl (C=O) groups excluding carboxylic acids is 2. The van der Waals surface area contributed by atoms with Crippen LogP contribution in [-0.4, -0.2) is 41.8 Å². The number of nitrogens with one attached hydrogen (secondary N) is 1.